The second-order valence-electron chi connectivity index (χ2n) is 7.96. The van der Waals surface area contributed by atoms with Crippen LogP contribution < -0.4 is 0 Å². The van der Waals surface area contributed by atoms with Crippen molar-refractivity contribution in [2.75, 3.05) is 20.3 Å². The Morgan fingerprint density at radius 3 is 2.73 bits per heavy atom. The molecule has 0 amide bonds. The number of ether oxygens (including phenoxy) is 3. The maximum absolute atomic E-state index is 12.0. The van der Waals surface area contributed by atoms with Gasteiger partial charge in [0.1, 0.15) is 0 Å². The van der Waals surface area contributed by atoms with E-state index in [0.717, 1.165) is 37.7 Å². The van der Waals surface area contributed by atoms with Gasteiger partial charge in [0, 0.05) is 17.8 Å². The van der Waals surface area contributed by atoms with Crippen LogP contribution in [-0.2, 0) is 19.6 Å². The molecule has 0 aromatic heterocycles. The van der Waals surface area contributed by atoms with Gasteiger partial charge in [-0.3, -0.25) is 0 Å². The minimum atomic E-state index is -0.509. The summed E-state index contributed by atoms with van der Waals surface area (Å²) in [5, 5.41) is 11.1. The number of fused-ring (bicyclic) bond motifs is 1. The maximum Gasteiger partial charge on any atom is 0.337 e. The topological polar surface area (TPSA) is 65.0 Å². The van der Waals surface area contributed by atoms with Gasteiger partial charge in [-0.2, -0.15) is 0 Å². The number of rotatable bonds is 2. The summed E-state index contributed by atoms with van der Waals surface area (Å²) < 4.78 is 17.0. The quantitative estimate of drug-likeness (QED) is 0.821. The van der Waals surface area contributed by atoms with E-state index in [1.807, 2.05) is 12.1 Å². The molecule has 4 atom stereocenters. The highest BCUT2D eigenvalue weighted by Gasteiger charge is 2.60. The van der Waals surface area contributed by atoms with Crippen molar-refractivity contribution in [3.63, 3.8) is 0 Å². The number of aliphatic hydroxyl groups is 1. The smallest absolute Gasteiger partial charge is 0.337 e. The van der Waals surface area contributed by atoms with E-state index in [1.165, 1.54) is 7.11 Å². The Hall–Kier alpha value is -1.43. The molecule has 2 saturated carbocycles. The van der Waals surface area contributed by atoms with Crippen LogP contribution in [0.25, 0.3) is 0 Å². The van der Waals surface area contributed by atoms with E-state index < -0.39 is 11.9 Å². The van der Waals surface area contributed by atoms with Gasteiger partial charge in [-0.05, 0) is 42.9 Å². The summed E-state index contributed by atoms with van der Waals surface area (Å²) in [5.74, 6) is -0.403. The molecule has 1 spiro atoms. The summed E-state index contributed by atoms with van der Waals surface area (Å²) in [7, 11) is 1.40. The molecule has 0 unspecified atom stereocenters. The monoisotopic (exact) mass is 360 g/mol. The van der Waals surface area contributed by atoms with Crippen LogP contribution in [0.1, 0.15) is 54.9 Å². The Morgan fingerprint density at radius 2 is 2.00 bits per heavy atom. The van der Waals surface area contributed by atoms with E-state index >= 15 is 0 Å². The van der Waals surface area contributed by atoms with Crippen molar-refractivity contribution in [1.82, 2.24) is 0 Å². The highest BCUT2D eigenvalue weighted by molar-refractivity contribution is 5.89. The summed E-state index contributed by atoms with van der Waals surface area (Å²) in [6, 6.07) is 7.63. The lowest BCUT2D eigenvalue weighted by molar-refractivity contribution is -0.246. The second-order valence-corrected chi connectivity index (χ2v) is 7.96. The van der Waals surface area contributed by atoms with Crippen LogP contribution in [0.2, 0.25) is 0 Å². The third-order valence-corrected chi connectivity index (χ3v) is 7.03. The highest BCUT2D eigenvalue weighted by Crippen LogP contribution is 2.58. The zero-order valence-electron chi connectivity index (χ0n) is 15.6. The van der Waals surface area contributed by atoms with Gasteiger partial charge in [-0.1, -0.05) is 25.5 Å². The van der Waals surface area contributed by atoms with Gasteiger partial charge in [-0.25, -0.2) is 4.79 Å². The van der Waals surface area contributed by atoms with Gasteiger partial charge in [0.2, 0.25) is 0 Å². The third kappa shape index (κ3) is 2.52. The molecule has 0 bridgehead atoms. The SMILES string of the molecule is COC(=O)c1cccc([C@@]23CCC4(OCCO4)[C@@H](C)[C@H]2CCC[C@@H]3O)c1. The van der Waals surface area contributed by atoms with Crippen LogP contribution in [-0.4, -0.2) is 43.3 Å². The Bertz CT molecular complexity index is 681. The molecule has 4 rings (SSSR count). The van der Waals surface area contributed by atoms with Gasteiger partial charge >= 0.3 is 5.97 Å². The predicted molar refractivity (Wildman–Crippen MR) is 95.8 cm³/mol. The fraction of sp³-hybridized carbons (Fsp3) is 0.667. The molecule has 142 valence electrons. The first-order chi connectivity index (χ1) is 12.5. The largest absolute Gasteiger partial charge is 0.465 e. The third-order valence-electron chi connectivity index (χ3n) is 7.03. The van der Waals surface area contributed by atoms with E-state index in [1.54, 1.807) is 6.07 Å². The molecule has 5 heteroatoms. The number of benzene rings is 1. The zero-order chi connectivity index (χ0) is 18.4. The second kappa shape index (κ2) is 6.63. The van der Waals surface area contributed by atoms with E-state index in [2.05, 4.69) is 13.0 Å². The first-order valence-corrected chi connectivity index (χ1v) is 9.68. The molecule has 0 radical (unpaired) electrons. The van der Waals surface area contributed by atoms with Gasteiger partial charge in [-0.15, -0.1) is 0 Å². The van der Waals surface area contributed by atoms with Gasteiger partial charge in [0.15, 0.2) is 5.79 Å². The van der Waals surface area contributed by atoms with Crippen molar-refractivity contribution in [3.8, 4) is 0 Å². The van der Waals surface area contributed by atoms with Crippen LogP contribution in [0.3, 0.4) is 0 Å². The van der Waals surface area contributed by atoms with Crippen molar-refractivity contribution in [2.24, 2.45) is 11.8 Å². The lowest BCUT2D eigenvalue weighted by atomic mass is 9.51. The Kier molecular flexibility index (Phi) is 4.58. The molecule has 3 aliphatic rings. The first-order valence-electron chi connectivity index (χ1n) is 9.68. The maximum atomic E-state index is 12.0. The number of hydrogen-bond acceptors (Lipinski definition) is 5. The Labute approximate surface area is 154 Å². The van der Waals surface area contributed by atoms with Crippen molar-refractivity contribution in [3.05, 3.63) is 35.4 Å². The molecular weight excluding hydrogens is 332 g/mol. The van der Waals surface area contributed by atoms with Crippen molar-refractivity contribution >= 4 is 5.97 Å². The highest BCUT2D eigenvalue weighted by atomic mass is 16.7. The van der Waals surface area contributed by atoms with Crippen LogP contribution in [0, 0.1) is 11.8 Å². The zero-order valence-corrected chi connectivity index (χ0v) is 15.6. The normalized spacial score (nSPS) is 35.9. The van der Waals surface area contributed by atoms with Crippen molar-refractivity contribution in [2.45, 2.75) is 56.3 Å². The number of carbonyl (C=O) groups excluding carboxylic acids is 1. The molecule has 1 saturated heterocycles. The van der Waals surface area contributed by atoms with Gasteiger partial charge in [0.05, 0.1) is 32.0 Å². The molecule has 1 aromatic rings. The number of methoxy groups -OCH3 is 1. The Morgan fingerprint density at radius 1 is 1.23 bits per heavy atom. The summed E-state index contributed by atoms with van der Waals surface area (Å²) in [4.78, 5) is 12.0. The molecule has 5 nitrogen and oxygen atoms in total. The summed E-state index contributed by atoms with van der Waals surface area (Å²) >= 11 is 0. The average molecular weight is 360 g/mol. The summed E-state index contributed by atoms with van der Waals surface area (Å²) in [6.45, 7) is 3.49. The first kappa shape index (κ1) is 18.0. The number of aliphatic hydroxyl groups excluding tert-OH is 1. The number of hydrogen-bond donors (Lipinski definition) is 1. The molecular formula is C21H28O5. The predicted octanol–water partition coefficient (Wildman–Crippen LogP) is 3.05. The molecule has 1 aromatic carbocycles. The minimum Gasteiger partial charge on any atom is -0.465 e. The molecule has 1 N–H and O–H groups in total. The average Bonchev–Trinajstić information content (AvgIpc) is 3.15. The number of carbonyl (C=O) groups is 1. The van der Waals surface area contributed by atoms with Crippen LogP contribution in [0.15, 0.2) is 24.3 Å². The molecule has 3 fully saturated rings. The summed E-state index contributed by atoms with van der Waals surface area (Å²) in [5.41, 5.74) is 1.22. The lowest BCUT2D eigenvalue weighted by Gasteiger charge is -2.57. The van der Waals surface area contributed by atoms with E-state index in [4.69, 9.17) is 14.2 Å². The number of esters is 1. The van der Waals surface area contributed by atoms with Gasteiger partial charge in [0.25, 0.3) is 0 Å². The van der Waals surface area contributed by atoms with Crippen molar-refractivity contribution < 1.29 is 24.1 Å². The van der Waals surface area contributed by atoms with Crippen LogP contribution in [0.4, 0.5) is 0 Å². The standard InChI is InChI=1S/C21H28O5/c1-14-17-7-4-8-18(22)20(17,9-10-21(14)25-11-12-26-21)16-6-3-5-15(13-16)19(23)24-2/h3,5-6,13-14,17-18,22H,4,7-12H2,1-2H3/t14-,17+,18-,20-/m0/s1. The minimum absolute atomic E-state index is 0.190. The fourth-order valence-corrected chi connectivity index (χ4v) is 5.74. The Balaban J connectivity index is 1.77. The summed E-state index contributed by atoms with van der Waals surface area (Å²) in [6.07, 6.45) is 3.98. The van der Waals surface area contributed by atoms with Crippen LogP contribution in [0.5, 0.6) is 0 Å². The van der Waals surface area contributed by atoms with E-state index in [-0.39, 0.29) is 23.2 Å². The van der Waals surface area contributed by atoms with E-state index in [0.29, 0.717) is 18.8 Å². The van der Waals surface area contributed by atoms with Crippen molar-refractivity contribution in [1.29, 1.82) is 0 Å². The fourth-order valence-electron chi connectivity index (χ4n) is 5.74. The molecule has 26 heavy (non-hydrogen) atoms. The molecule has 1 heterocycles. The molecule has 1 aliphatic heterocycles. The van der Waals surface area contributed by atoms with Crippen LogP contribution >= 0.6 is 0 Å². The lowest BCUT2D eigenvalue weighted by Crippen LogP contribution is -2.60. The molecule has 2 aliphatic carbocycles. The van der Waals surface area contributed by atoms with E-state index in [9.17, 15) is 9.90 Å². The van der Waals surface area contributed by atoms with Gasteiger partial charge < -0.3 is 19.3 Å².